The second kappa shape index (κ2) is 39.9. The summed E-state index contributed by atoms with van der Waals surface area (Å²) >= 11 is 25.2. The molecule has 4 amide bonds. The number of ether oxygens (including phenoxy) is 3. The number of fused-ring (bicyclic) bond motifs is 3. The number of amides is 4. The van der Waals surface area contributed by atoms with Gasteiger partial charge in [-0.2, -0.15) is 0 Å². The van der Waals surface area contributed by atoms with Crippen molar-refractivity contribution in [2.45, 2.75) is 156 Å². The fraction of sp³-hybridized carbons (Fsp3) is 0.307. The summed E-state index contributed by atoms with van der Waals surface area (Å²) in [6.07, 6.45) is 13.3. The lowest BCUT2D eigenvalue weighted by molar-refractivity contribution is -0.118. The first-order valence-electron chi connectivity index (χ1n) is 37.6. The molecule has 0 spiro atoms. The lowest BCUT2D eigenvalue weighted by Gasteiger charge is -2.19. The van der Waals surface area contributed by atoms with Crippen LogP contribution < -0.4 is 35.9 Å². The summed E-state index contributed by atoms with van der Waals surface area (Å²) in [5.74, 6) is 0.446. The Balaban J connectivity index is 0.000000180. The van der Waals surface area contributed by atoms with Gasteiger partial charge in [0.15, 0.2) is 5.65 Å². The third-order valence-electron chi connectivity index (χ3n) is 18.4. The van der Waals surface area contributed by atoms with Gasteiger partial charge in [-0.15, -0.1) is 0 Å². The summed E-state index contributed by atoms with van der Waals surface area (Å²) < 4.78 is 22.7. The third-order valence-corrected chi connectivity index (χ3v) is 19.6. The Labute approximate surface area is 678 Å². The van der Waals surface area contributed by atoms with Crippen LogP contribution in [0.25, 0.3) is 50.7 Å². The van der Waals surface area contributed by atoms with Crippen molar-refractivity contribution in [3.63, 3.8) is 0 Å². The normalized spacial score (nSPS) is 12.8. The topological polar surface area (TPSA) is 291 Å². The van der Waals surface area contributed by atoms with Gasteiger partial charge < -0.3 is 69.5 Å². The Kier molecular flexibility index (Phi) is 30.1. The predicted octanol–water partition coefficient (Wildman–Crippen LogP) is 16.8. The number of aromatic nitrogens is 6. The number of pyridine rings is 3. The van der Waals surface area contributed by atoms with Crippen LogP contribution in [-0.2, 0) is 24.1 Å². The van der Waals surface area contributed by atoms with E-state index in [0.29, 0.717) is 104 Å². The van der Waals surface area contributed by atoms with Crippen molar-refractivity contribution >= 4 is 87.0 Å². The second-order valence-corrected chi connectivity index (χ2v) is 30.5. The zero-order chi connectivity index (χ0) is 81.2. The van der Waals surface area contributed by atoms with Crippen LogP contribution in [0.5, 0.6) is 17.2 Å². The molecule has 25 heteroatoms. The molecule has 0 saturated heterocycles. The minimum absolute atomic E-state index is 0.0157. The molecule has 0 aliphatic rings. The van der Waals surface area contributed by atoms with E-state index in [-0.39, 0.29) is 79.7 Å². The highest BCUT2D eigenvalue weighted by Crippen LogP contribution is 2.33. The second-order valence-electron chi connectivity index (χ2n) is 28.9. The van der Waals surface area contributed by atoms with Crippen molar-refractivity contribution in [3.8, 4) is 51.0 Å². The minimum atomic E-state index is -0.624. The van der Waals surface area contributed by atoms with Crippen molar-refractivity contribution in [2.24, 2.45) is 11.7 Å². The lowest BCUT2D eigenvalue weighted by atomic mass is 9.99. The Morgan fingerprint density at radius 2 is 0.752 bits per heavy atom. The number of carbonyl (C=O) groups is 4. The number of aliphatic hydroxyl groups excluding tert-OH is 4. The molecule has 6 aromatic carbocycles. The van der Waals surface area contributed by atoms with Crippen molar-refractivity contribution in [2.75, 3.05) is 13.2 Å². The summed E-state index contributed by atoms with van der Waals surface area (Å²) in [5, 5.41) is 50.6. The molecule has 6 aromatic heterocycles. The van der Waals surface area contributed by atoms with E-state index >= 15 is 0 Å². The maximum Gasteiger partial charge on any atom is 0.251 e. The van der Waals surface area contributed by atoms with Crippen LogP contribution in [0.15, 0.2) is 201 Å². The van der Waals surface area contributed by atoms with Gasteiger partial charge in [-0.05, 0) is 188 Å². The van der Waals surface area contributed by atoms with E-state index in [0.717, 1.165) is 67.2 Å². The number of rotatable bonds is 31. The Bertz CT molecular complexity index is 5220. The van der Waals surface area contributed by atoms with E-state index < -0.39 is 18.1 Å². The fourth-order valence-electron chi connectivity index (χ4n) is 12.8. The van der Waals surface area contributed by atoms with Crippen molar-refractivity contribution in [3.05, 3.63) is 266 Å². The molecule has 0 radical (unpaired) electrons. The minimum Gasteiger partial charge on any atom is -0.489 e. The van der Waals surface area contributed by atoms with Crippen molar-refractivity contribution in [1.82, 2.24) is 44.1 Å². The van der Waals surface area contributed by atoms with Gasteiger partial charge in [0.25, 0.3) is 17.7 Å². The van der Waals surface area contributed by atoms with Crippen molar-refractivity contribution < 1.29 is 53.8 Å². The third kappa shape index (κ3) is 23.4. The zero-order valence-corrected chi connectivity index (χ0v) is 67.6. The molecule has 6 heterocycles. The van der Waals surface area contributed by atoms with Crippen molar-refractivity contribution in [1.29, 1.82) is 0 Å². The number of aliphatic hydroxyl groups is 4. The number of imidazole rings is 3. The number of hydrogen-bond acceptors (Lipinski definition) is 14. The number of hydrogen-bond donors (Lipinski definition) is 8. The van der Waals surface area contributed by atoms with Crippen LogP contribution in [0.3, 0.4) is 0 Å². The summed E-state index contributed by atoms with van der Waals surface area (Å²) in [7, 11) is 0. The molecule has 12 aromatic rings. The Morgan fingerprint density at radius 1 is 0.425 bits per heavy atom. The molecule has 0 aliphatic heterocycles. The molecule has 2 unspecified atom stereocenters. The SMILES string of the molecule is CC(C)Oc1ccc(C(=O)N[C@H](CCC(N)=O)Cc2ccc(-c3cn4cccc(C(C)O)c4n3)cc2)cc1Cl.CC(C)Oc1ccc(C(=O)N[C@H](CCO)Cc2ccc(-c3cn4cccc(C(O)C(C)C)c4n3)cc2)cc1Cl.CC(C)Oc1ccc(C(=O)N[C@H](CCO)Cc2ccc(-c3cn4cccc(Cl)c4n3)cc2)cc1Cl. The Morgan fingerprint density at radius 3 is 1.07 bits per heavy atom. The van der Waals surface area contributed by atoms with Gasteiger partial charge in [-0.3, -0.25) is 19.2 Å². The number of nitrogens with two attached hydrogens (primary N) is 1. The molecule has 12 rings (SSSR count). The number of nitrogens with one attached hydrogen (secondary N) is 3. The van der Waals surface area contributed by atoms with Crippen LogP contribution in [0.4, 0.5) is 0 Å². The maximum atomic E-state index is 13.0. The summed E-state index contributed by atoms with van der Waals surface area (Å²) in [6.45, 7) is 17.1. The van der Waals surface area contributed by atoms with E-state index in [2.05, 4.69) is 20.9 Å². The molecular formula is C88H96Cl4N10O11. The lowest BCUT2D eigenvalue weighted by Crippen LogP contribution is -2.37. The fourth-order valence-corrected chi connectivity index (χ4v) is 13.6. The summed E-state index contributed by atoms with van der Waals surface area (Å²) in [4.78, 5) is 64.4. The standard InChI is InChI=1S/C31H36ClN3O4.C30H33ClN4O4.C27H27Cl2N3O3/c1-19(2)29(37)25-6-5-14-35-18-27(34-30(25)35)22-9-7-21(8-10-22)16-24(13-15-36)33-31(38)23-11-12-28(26(32)17-23)39-20(3)4;1-18(2)39-27-12-10-22(16-25(27)31)30(38)33-23(11-13-28(32)37)15-20-6-8-21(9-7-20)26-17-35-14-4-5-24(19(3)36)29(35)34-26;1-17(2)35-25-10-9-20(15-23(25)29)27(34)30-21(11-13-33)14-18-5-7-19(8-6-18)24-16-32-12-3-4-22(28)26(32)31-24/h5-12,14,17-20,24,29,36-37H,13,15-16H2,1-4H3,(H,33,38);4-10,12,14,16-19,23,36H,11,13,15H2,1-3H3,(H2,32,37)(H,33,38);3-10,12,15-17,21,33H,11,13-14H2,1-2H3,(H,30,34)/t24-,29?;19?,23-;21-/m111/s1. The molecule has 21 nitrogen and oxygen atoms in total. The first-order valence-corrected chi connectivity index (χ1v) is 39.1. The van der Waals surface area contributed by atoms with Crippen LogP contribution >= 0.6 is 46.4 Å². The average molecular weight is 1610 g/mol. The monoisotopic (exact) mass is 1610 g/mol. The predicted molar refractivity (Wildman–Crippen MR) is 446 cm³/mol. The number of carbonyl (C=O) groups excluding carboxylic acids is 4. The van der Waals surface area contributed by atoms with Crippen LogP contribution in [0, 0.1) is 5.92 Å². The van der Waals surface area contributed by atoms with Crippen LogP contribution in [0.2, 0.25) is 20.1 Å². The van der Waals surface area contributed by atoms with E-state index in [9.17, 15) is 39.6 Å². The number of halogens is 4. The highest BCUT2D eigenvalue weighted by Gasteiger charge is 2.24. The van der Waals surface area contributed by atoms with Gasteiger partial charge >= 0.3 is 0 Å². The van der Waals surface area contributed by atoms with E-state index in [1.807, 2.05) is 215 Å². The smallest absolute Gasteiger partial charge is 0.251 e. The van der Waals surface area contributed by atoms with Crippen LogP contribution in [0.1, 0.15) is 159 Å². The van der Waals surface area contributed by atoms with Gasteiger partial charge in [0.2, 0.25) is 5.91 Å². The molecule has 0 bridgehead atoms. The number of primary amides is 1. The molecule has 0 fully saturated rings. The molecular weight excluding hydrogens is 1510 g/mol. The number of nitrogens with zero attached hydrogens (tertiary/aromatic N) is 6. The first kappa shape index (κ1) is 85.1. The van der Waals surface area contributed by atoms with Gasteiger partial charge in [-0.25, -0.2) is 15.0 Å². The first-order chi connectivity index (χ1) is 54.1. The van der Waals surface area contributed by atoms with Gasteiger partial charge in [-0.1, -0.05) is 145 Å². The van der Waals surface area contributed by atoms with Gasteiger partial charge in [0, 0.05) is 119 Å². The molecule has 113 heavy (non-hydrogen) atoms. The molecule has 0 aliphatic carbocycles. The van der Waals surface area contributed by atoms with E-state index in [4.69, 9.17) is 76.3 Å². The molecule has 0 saturated carbocycles. The molecule has 592 valence electrons. The average Bonchev–Trinajstić information content (AvgIpc) is 1.65. The highest BCUT2D eigenvalue weighted by atomic mass is 35.5. The quantitative estimate of drug-likeness (QED) is 0.0201. The zero-order valence-electron chi connectivity index (χ0n) is 64.5. The Hall–Kier alpha value is -10.3. The molecule has 9 N–H and O–H groups in total. The van der Waals surface area contributed by atoms with Crippen LogP contribution in [-0.4, -0.2) is 122 Å². The van der Waals surface area contributed by atoms with Gasteiger partial charge in [0.05, 0.1) is 67.7 Å². The molecule has 5 atom stereocenters. The van der Waals surface area contributed by atoms with E-state index in [1.54, 1.807) is 61.5 Å². The summed E-state index contributed by atoms with van der Waals surface area (Å²) in [5.41, 5.74) is 18.7. The van der Waals surface area contributed by atoms with E-state index in [1.165, 1.54) is 0 Å². The largest absolute Gasteiger partial charge is 0.489 e. The highest BCUT2D eigenvalue weighted by molar-refractivity contribution is 6.34. The van der Waals surface area contributed by atoms with Gasteiger partial charge in [0.1, 0.15) is 28.5 Å². The summed E-state index contributed by atoms with van der Waals surface area (Å²) in [6, 6.07) is 49.3. The maximum absolute atomic E-state index is 13.0. The number of benzene rings is 6.